The lowest BCUT2D eigenvalue weighted by Gasteiger charge is -2.08. The summed E-state index contributed by atoms with van der Waals surface area (Å²) in [6, 6.07) is 4.39. The Labute approximate surface area is 128 Å². The van der Waals surface area contributed by atoms with E-state index in [9.17, 15) is 4.39 Å². The zero-order valence-electron chi connectivity index (χ0n) is 9.91. The second-order valence-corrected chi connectivity index (χ2v) is 5.03. The van der Waals surface area contributed by atoms with Crippen molar-refractivity contribution in [2.45, 2.75) is 6.92 Å². The Balaban J connectivity index is 2.27. The number of rotatable bonds is 4. The van der Waals surface area contributed by atoms with Crippen LogP contribution in [-0.4, -0.2) is 21.5 Å². The number of benzene rings is 1. The number of aromatic nitrogens is 3. The Hall–Kier alpha value is -1.22. The minimum absolute atomic E-state index is 0.0885. The average molecular weight is 394 g/mol. The summed E-state index contributed by atoms with van der Waals surface area (Å²) < 4.78 is 13.7. The van der Waals surface area contributed by atoms with Crippen LogP contribution in [0.4, 0.5) is 22.0 Å². The first-order chi connectivity index (χ1) is 9.08. The van der Waals surface area contributed by atoms with Crippen LogP contribution in [0.1, 0.15) is 6.92 Å². The van der Waals surface area contributed by atoms with E-state index in [1.165, 1.54) is 12.1 Å². The first kappa shape index (κ1) is 14.2. The Bertz CT molecular complexity index is 595. The maximum absolute atomic E-state index is 13.0. The molecule has 0 unspecified atom stereocenters. The van der Waals surface area contributed by atoms with Crippen molar-refractivity contribution in [3.8, 4) is 0 Å². The Morgan fingerprint density at radius 2 is 2.00 bits per heavy atom. The first-order valence-corrected chi connectivity index (χ1v) is 6.91. The van der Waals surface area contributed by atoms with Crippen LogP contribution in [0, 0.1) is 9.39 Å². The van der Waals surface area contributed by atoms with E-state index in [2.05, 4.69) is 25.6 Å². The first-order valence-electron chi connectivity index (χ1n) is 5.46. The second kappa shape index (κ2) is 6.29. The zero-order chi connectivity index (χ0) is 13.8. The molecule has 0 aliphatic rings. The molecule has 2 rings (SSSR count). The van der Waals surface area contributed by atoms with E-state index < -0.39 is 0 Å². The molecule has 2 aromatic rings. The quantitative estimate of drug-likeness (QED) is 0.779. The number of anilines is 3. The maximum atomic E-state index is 13.0. The van der Waals surface area contributed by atoms with Gasteiger partial charge in [-0.3, -0.25) is 0 Å². The summed E-state index contributed by atoms with van der Waals surface area (Å²) in [5, 5.41) is 6.02. The van der Waals surface area contributed by atoms with Gasteiger partial charge in [-0.2, -0.15) is 15.0 Å². The highest BCUT2D eigenvalue weighted by Gasteiger charge is 2.07. The Kier molecular flexibility index (Phi) is 4.70. The Morgan fingerprint density at radius 1 is 1.26 bits per heavy atom. The fourth-order valence-corrected chi connectivity index (χ4v) is 2.13. The van der Waals surface area contributed by atoms with Gasteiger partial charge in [0.05, 0.1) is 5.69 Å². The van der Waals surface area contributed by atoms with E-state index in [4.69, 9.17) is 11.6 Å². The van der Waals surface area contributed by atoms with E-state index in [-0.39, 0.29) is 11.1 Å². The summed E-state index contributed by atoms with van der Waals surface area (Å²) in [6.07, 6.45) is 0. The van der Waals surface area contributed by atoms with Crippen molar-refractivity contribution in [2.75, 3.05) is 17.2 Å². The van der Waals surface area contributed by atoms with Gasteiger partial charge in [-0.15, -0.1) is 0 Å². The van der Waals surface area contributed by atoms with Crippen molar-refractivity contribution in [2.24, 2.45) is 0 Å². The molecule has 0 atom stereocenters. The minimum Gasteiger partial charge on any atom is -0.354 e. The molecule has 0 amide bonds. The number of nitrogens with zero attached hydrogens (tertiary/aromatic N) is 3. The fourth-order valence-electron chi connectivity index (χ4n) is 1.35. The van der Waals surface area contributed by atoms with E-state index >= 15 is 0 Å². The molecule has 1 aromatic carbocycles. The molecule has 8 heteroatoms. The van der Waals surface area contributed by atoms with Gasteiger partial charge in [-0.1, -0.05) is 0 Å². The van der Waals surface area contributed by atoms with Crippen molar-refractivity contribution in [1.82, 2.24) is 15.0 Å². The lowest BCUT2D eigenvalue weighted by molar-refractivity contribution is 0.627. The summed E-state index contributed by atoms with van der Waals surface area (Å²) in [6.45, 7) is 2.60. The van der Waals surface area contributed by atoms with Gasteiger partial charge in [0.2, 0.25) is 17.2 Å². The standard InChI is InChI=1S/C11H10ClFIN5/c1-2-15-10-17-9(12)18-11(19-10)16-8-4-3-6(13)5-7(8)14/h3-5H,2H2,1H3,(H2,15,16,17,18,19). The Morgan fingerprint density at radius 3 is 2.68 bits per heavy atom. The predicted molar refractivity (Wildman–Crippen MR) is 81.4 cm³/mol. The highest BCUT2D eigenvalue weighted by atomic mass is 127. The molecular formula is C11H10ClFIN5. The molecule has 1 heterocycles. The molecule has 2 N–H and O–H groups in total. The summed E-state index contributed by atoms with van der Waals surface area (Å²) in [5.41, 5.74) is 0.701. The fraction of sp³-hybridized carbons (Fsp3) is 0.182. The normalized spacial score (nSPS) is 10.3. The molecular weight excluding hydrogens is 384 g/mol. The highest BCUT2D eigenvalue weighted by Crippen LogP contribution is 2.22. The average Bonchev–Trinajstić information content (AvgIpc) is 2.32. The third-order valence-electron chi connectivity index (χ3n) is 2.12. The van der Waals surface area contributed by atoms with E-state index in [0.29, 0.717) is 24.1 Å². The molecule has 0 aliphatic heterocycles. The predicted octanol–water partition coefficient (Wildman–Crippen LogP) is 3.44. The third kappa shape index (κ3) is 3.87. The highest BCUT2D eigenvalue weighted by molar-refractivity contribution is 14.1. The molecule has 0 aliphatic carbocycles. The second-order valence-electron chi connectivity index (χ2n) is 3.53. The van der Waals surface area contributed by atoms with E-state index in [0.717, 1.165) is 3.57 Å². The molecule has 0 spiro atoms. The summed E-state index contributed by atoms with van der Waals surface area (Å²) >= 11 is 7.84. The number of hydrogen-bond acceptors (Lipinski definition) is 5. The van der Waals surface area contributed by atoms with Gasteiger partial charge in [-0.25, -0.2) is 4.39 Å². The summed E-state index contributed by atoms with van der Waals surface area (Å²) in [5.74, 6) is 0.402. The molecule has 5 nitrogen and oxygen atoms in total. The van der Waals surface area contributed by atoms with Crippen LogP contribution in [0.15, 0.2) is 18.2 Å². The van der Waals surface area contributed by atoms with Gasteiger partial charge in [0, 0.05) is 10.1 Å². The molecule has 1 aromatic heterocycles. The van der Waals surface area contributed by atoms with Crippen LogP contribution in [0.3, 0.4) is 0 Å². The molecule has 0 saturated heterocycles. The molecule has 0 fully saturated rings. The molecule has 19 heavy (non-hydrogen) atoms. The van der Waals surface area contributed by atoms with Crippen LogP contribution in [0.5, 0.6) is 0 Å². The minimum atomic E-state index is -0.294. The molecule has 0 radical (unpaired) electrons. The van der Waals surface area contributed by atoms with Crippen molar-refractivity contribution >= 4 is 51.8 Å². The largest absolute Gasteiger partial charge is 0.354 e. The van der Waals surface area contributed by atoms with E-state index in [1.807, 2.05) is 29.5 Å². The van der Waals surface area contributed by atoms with Gasteiger partial charge in [0.1, 0.15) is 5.82 Å². The van der Waals surface area contributed by atoms with Crippen LogP contribution in [0.25, 0.3) is 0 Å². The SMILES string of the molecule is CCNc1nc(Cl)nc(Nc2ccc(F)cc2I)n1. The maximum Gasteiger partial charge on any atom is 0.233 e. The number of halogens is 3. The number of hydrogen-bond donors (Lipinski definition) is 2. The van der Waals surface area contributed by atoms with Gasteiger partial charge in [-0.05, 0) is 59.3 Å². The van der Waals surface area contributed by atoms with Crippen LogP contribution in [0.2, 0.25) is 5.28 Å². The van der Waals surface area contributed by atoms with Gasteiger partial charge >= 0.3 is 0 Å². The summed E-state index contributed by atoms with van der Waals surface area (Å²) in [4.78, 5) is 12.1. The molecule has 0 bridgehead atoms. The number of nitrogens with one attached hydrogen (secondary N) is 2. The third-order valence-corrected chi connectivity index (χ3v) is 3.18. The summed E-state index contributed by atoms with van der Waals surface area (Å²) in [7, 11) is 0. The zero-order valence-corrected chi connectivity index (χ0v) is 12.8. The van der Waals surface area contributed by atoms with Crippen molar-refractivity contribution in [3.63, 3.8) is 0 Å². The van der Waals surface area contributed by atoms with Gasteiger partial charge in [0.15, 0.2) is 0 Å². The van der Waals surface area contributed by atoms with Crippen molar-refractivity contribution in [3.05, 3.63) is 32.9 Å². The van der Waals surface area contributed by atoms with Crippen LogP contribution >= 0.6 is 34.2 Å². The molecule has 100 valence electrons. The van der Waals surface area contributed by atoms with Crippen LogP contribution in [-0.2, 0) is 0 Å². The molecule has 0 saturated carbocycles. The van der Waals surface area contributed by atoms with E-state index in [1.54, 1.807) is 6.07 Å². The van der Waals surface area contributed by atoms with Gasteiger partial charge in [0.25, 0.3) is 0 Å². The topological polar surface area (TPSA) is 62.7 Å². The smallest absolute Gasteiger partial charge is 0.233 e. The monoisotopic (exact) mass is 393 g/mol. The van der Waals surface area contributed by atoms with Gasteiger partial charge < -0.3 is 10.6 Å². The van der Waals surface area contributed by atoms with Crippen molar-refractivity contribution < 1.29 is 4.39 Å². The lowest BCUT2D eigenvalue weighted by atomic mass is 10.3. The van der Waals surface area contributed by atoms with Crippen LogP contribution < -0.4 is 10.6 Å². The van der Waals surface area contributed by atoms with Crippen molar-refractivity contribution in [1.29, 1.82) is 0 Å². The lowest BCUT2D eigenvalue weighted by Crippen LogP contribution is -2.07.